The summed E-state index contributed by atoms with van der Waals surface area (Å²) in [6, 6.07) is 3.95. The van der Waals surface area contributed by atoms with E-state index in [9.17, 15) is 0 Å². The van der Waals surface area contributed by atoms with Gasteiger partial charge in [0.1, 0.15) is 29.9 Å². The van der Waals surface area contributed by atoms with Crippen molar-refractivity contribution in [2.45, 2.75) is 0 Å². The Hall–Kier alpha value is -1.79. The van der Waals surface area contributed by atoms with Crippen LogP contribution in [0.25, 0.3) is 32.0 Å². The topological polar surface area (TPSA) is 72.4 Å². The number of thiophene rings is 2. The summed E-state index contributed by atoms with van der Waals surface area (Å²) in [4.78, 5) is 19.4. The quantitative estimate of drug-likeness (QED) is 0.258. The molecule has 0 unspecified atom stereocenters. The average Bonchev–Trinajstić information content (AvgIpc) is 3.48. The van der Waals surface area contributed by atoms with Crippen molar-refractivity contribution < 1.29 is 0 Å². The second-order valence-corrected chi connectivity index (χ2v) is 9.59. The van der Waals surface area contributed by atoms with E-state index in [1.165, 1.54) is 0 Å². The van der Waals surface area contributed by atoms with Gasteiger partial charge in [0.25, 0.3) is 0 Å². The van der Waals surface area contributed by atoms with Gasteiger partial charge in [0.15, 0.2) is 22.3 Å². The van der Waals surface area contributed by atoms with Crippen LogP contribution in [0.15, 0.2) is 44.5 Å². The Bertz CT molecular complexity index is 1500. The van der Waals surface area contributed by atoms with Crippen molar-refractivity contribution in [3.8, 4) is 0 Å². The fourth-order valence-electron chi connectivity index (χ4n) is 2.95. The molecule has 0 fully saturated rings. The number of anilines is 1. The fourth-order valence-corrected chi connectivity index (χ4v) is 6.00. The second kappa shape index (κ2) is 7.47. The molecule has 6 heterocycles. The molecule has 6 aromatic rings. The molecule has 6 rings (SSSR count). The summed E-state index contributed by atoms with van der Waals surface area (Å²) in [5, 5.41) is 7.50. The molecule has 146 valence electrons. The van der Waals surface area contributed by atoms with Crippen LogP contribution in [0.4, 0.5) is 5.82 Å². The lowest BCUT2D eigenvalue weighted by Gasteiger charge is -2.03. The van der Waals surface area contributed by atoms with Crippen molar-refractivity contribution in [3.05, 3.63) is 49.6 Å². The molecule has 0 aliphatic heterocycles. The normalized spacial score (nSPS) is 11.4. The highest BCUT2D eigenvalue weighted by Crippen LogP contribution is 2.29. The van der Waals surface area contributed by atoms with Gasteiger partial charge in [-0.2, -0.15) is 0 Å². The Balaban J connectivity index is 0.000000125. The predicted octanol–water partition coefficient (Wildman–Crippen LogP) is 6.11. The number of hydrogen-bond donors (Lipinski definition) is 1. The first-order valence-electron chi connectivity index (χ1n) is 8.22. The molecule has 6 aromatic heterocycles. The van der Waals surface area contributed by atoms with E-state index in [1.807, 2.05) is 34.3 Å². The summed E-state index contributed by atoms with van der Waals surface area (Å²) in [5.41, 5.74) is 3.41. The molecular weight excluding hydrogens is 562 g/mol. The van der Waals surface area contributed by atoms with Crippen molar-refractivity contribution in [1.29, 1.82) is 0 Å². The molecule has 1 N–H and O–H groups in total. The minimum absolute atomic E-state index is 0.432. The van der Waals surface area contributed by atoms with Gasteiger partial charge >= 0.3 is 0 Å². The van der Waals surface area contributed by atoms with Crippen LogP contribution in [0.1, 0.15) is 0 Å². The maximum atomic E-state index is 6.00. The number of rotatable bonds is 1. The van der Waals surface area contributed by atoms with Crippen LogP contribution >= 0.6 is 66.1 Å². The summed E-state index contributed by atoms with van der Waals surface area (Å²) < 4.78 is 5.85. The van der Waals surface area contributed by atoms with E-state index >= 15 is 0 Å². The fraction of sp³-hybridized carbons (Fsp3) is 0.0588. The summed E-state index contributed by atoms with van der Waals surface area (Å²) in [6.07, 6.45) is 3.51. The number of imidazole rings is 2. The van der Waals surface area contributed by atoms with Gasteiger partial charge in [-0.25, -0.2) is 19.9 Å². The first-order valence-corrected chi connectivity index (χ1v) is 11.9. The third-order valence-corrected chi connectivity index (χ3v) is 7.32. The number of nitrogens with zero attached hydrogens (tertiary/aromatic N) is 6. The highest BCUT2D eigenvalue weighted by atomic mass is 79.9. The molecule has 12 heteroatoms. The number of nitrogens with one attached hydrogen (secondary N) is 1. The Kier molecular flexibility index (Phi) is 4.95. The second-order valence-electron chi connectivity index (χ2n) is 5.81. The predicted molar refractivity (Wildman–Crippen MR) is 127 cm³/mol. The minimum atomic E-state index is 0.432. The Morgan fingerprint density at radius 2 is 1.45 bits per heavy atom. The molecule has 0 saturated heterocycles. The largest absolute Gasteiger partial charge is 0.370 e. The zero-order valence-electron chi connectivity index (χ0n) is 14.6. The highest BCUT2D eigenvalue weighted by molar-refractivity contribution is 9.10. The van der Waals surface area contributed by atoms with Crippen LogP contribution in [0, 0.1) is 0 Å². The van der Waals surface area contributed by atoms with E-state index in [4.69, 9.17) is 11.6 Å². The van der Waals surface area contributed by atoms with E-state index in [0.29, 0.717) is 10.8 Å². The molecule has 0 aliphatic rings. The molecular formula is C17H10Br2ClN7S2. The van der Waals surface area contributed by atoms with E-state index in [2.05, 4.69) is 61.5 Å². The first kappa shape index (κ1) is 19.2. The molecule has 0 atom stereocenters. The lowest BCUT2D eigenvalue weighted by molar-refractivity contribution is 1.19. The zero-order chi connectivity index (χ0) is 20.1. The van der Waals surface area contributed by atoms with Gasteiger partial charge in [-0.3, -0.25) is 8.80 Å². The summed E-state index contributed by atoms with van der Waals surface area (Å²) in [5.74, 6) is 0.798. The van der Waals surface area contributed by atoms with E-state index in [0.717, 1.165) is 41.4 Å². The Labute approximate surface area is 193 Å². The average molecular weight is 572 g/mol. The molecule has 0 saturated carbocycles. The van der Waals surface area contributed by atoms with Crippen LogP contribution in [0.2, 0.25) is 5.15 Å². The third-order valence-electron chi connectivity index (χ3n) is 4.18. The van der Waals surface area contributed by atoms with Gasteiger partial charge in [0, 0.05) is 7.05 Å². The maximum Gasteiger partial charge on any atom is 0.182 e. The first-order chi connectivity index (χ1) is 14.1. The lowest BCUT2D eigenvalue weighted by Crippen LogP contribution is -1.98. The minimum Gasteiger partial charge on any atom is -0.370 e. The van der Waals surface area contributed by atoms with Crippen LogP contribution in [-0.4, -0.2) is 35.8 Å². The lowest BCUT2D eigenvalue weighted by atomic mass is 10.5. The van der Waals surface area contributed by atoms with Crippen molar-refractivity contribution in [2.24, 2.45) is 0 Å². The van der Waals surface area contributed by atoms with Crippen LogP contribution in [0.3, 0.4) is 0 Å². The van der Waals surface area contributed by atoms with Crippen LogP contribution in [-0.2, 0) is 0 Å². The Morgan fingerprint density at radius 1 is 0.897 bits per heavy atom. The van der Waals surface area contributed by atoms with Gasteiger partial charge in [0.2, 0.25) is 0 Å². The van der Waals surface area contributed by atoms with Crippen molar-refractivity contribution in [2.75, 3.05) is 12.4 Å². The SMILES string of the molecule is CNc1nc2ccsc2n2c(Br)cnc12.Clc1nc2ccsc2n2c(Br)cnc12. The van der Waals surface area contributed by atoms with E-state index in [-0.39, 0.29) is 0 Å². The smallest absolute Gasteiger partial charge is 0.182 e. The Morgan fingerprint density at radius 3 is 2.07 bits per heavy atom. The summed E-state index contributed by atoms with van der Waals surface area (Å²) in [6.45, 7) is 0. The number of fused-ring (bicyclic) bond motifs is 6. The highest BCUT2D eigenvalue weighted by Gasteiger charge is 2.12. The van der Waals surface area contributed by atoms with E-state index < -0.39 is 0 Å². The van der Waals surface area contributed by atoms with Crippen LogP contribution < -0.4 is 5.32 Å². The number of aromatic nitrogens is 6. The standard InChI is InChI=1S/C9H7BrN4S.C8H3BrClN3S/c1-11-7-8-12-4-6(10)14(8)9-5(13-7)2-3-15-9;9-5-3-11-7-6(10)12-4-1-2-14-8(4)13(5)7/h2-4H,1H3,(H,11,13);1-3H. The van der Waals surface area contributed by atoms with Crippen molar-refractivity contribution in [3.63, 3.8) is 0 Å². The molecule has 7 nitrogen and oxygen atoms in total. The monoisotopic (exact) mass is 569 g/mol. The van der Waals surface area contributed by atoms with Crippen molar-refractivity contribution in [1.82, 2.24) is 28.7 Å². The molecule has 0 radical (unpaired) electrons. The molecule has 0 spiro atoms. The third kappa shape index (κ3) is 3.12. The van der Waals surface area contributed by atoms with E-state index in [1.54, 1.807) is 35.1 Å². The number of halogens is 3. The van der Waals surface area contributed by atoms with Gasteiger partial charge in [0.05, 0.1) is 12.4 Å². The molecule has 0 bridgehead atoms. The molecule has 0 amide bonds. The van der Waals surface area contributed by atoms with Crippen LogP contribution in [0.5, 0.6) is 0 Å². The zero-order valence-corrected chi connectivity index (χ0v) is 20.2. The van der Waals surface area contributed by atoms with Crippen molar-refractivity contribution >= 4 is 104 Å². The maximum absolute atomic E-state index is 6.00. The molecule has 29 heavy (non-hydrogen) atoms. The van der Waals surface area contributed by atoms with Gasteiger partial charge in [-0.1, -0.05) is 11.6 Å². The van der Waals surface area contributed by atoms with Gasteiger partial charge < -0.3 is 5.32 Å². The summed E-state index contributed by atoms with van der Waals surface area (Å²) >= 11 is 16.2. The van der Waals surface area contributed by atoms with Gasteiger partial charge in [-0.05, 0) is 54.8 Å². The van der Waals surface area contributed by atoms with Gasteiger partial charge in [-0.15, -0.1) is 22.7 Å². The molecule has 0 aromatic carbocycles. The summed E-state index contributed by atoms with van der Waals surface area (Å²) in [7, 11) is 1.85. The number of hydrogen-bond acceptors (Lipinski definition) is 7. The molecule has 0 aliphatic carbocycles.